The molecule has 1 atom stereocenters. The Labute approximate surface area is 202 Å². The van der Waals surface area contributed by atoms with Gasteiger partial charge in [0.05, 0.1) is 29.5 Å². The summed E-state index contributed by atoms with van der Waals surface area (Å²) in [5.41, 5.74) is 0.886. The summed E-state index contributed by atoms with van der Waals surface area (Å²) in [7, 11) is 0. The van der Waals surface area contributed by atoms with Gasteiger partial charge in [-0.05, 0) is 74.4 Å². The van der Waals surface area contributed by atoms with Gasteiger partial charge < -0.3 is 9.47 Å². The van der Waals surface area contributed by atoms with Crippen LogP contribution in [0.3, 0.4) is 0 Å². The Kier molecular flexibility index (Phi) is 8.30. The standard InChI is InChI=1S/C24H27ClN2O3S2/c1-2-29-18-9-12-21-22(15-18)32-24(26-21)27(16-19-5-3-13-30-19)23(28)6-4-14-31-20-10-7-17(25)8-11-20/h7-12,15,19H,2-6,13-14,16H2,1H3. The molecule has 1 saturated heterocycles. The molecule has 1 fully saturated rings. The molecule has 170 valence electrons. The van der Waals surface area contributed by atoms with Crippen molar-refractivity contribution >= 4 is 56.0 Å². The zero-order valence-electron chi connectivity index (χ0n) is 18.1. The lowest BCUT2D eigenvalue weighted by Gasteiger charge is -2.23. The number of anilines is 1. The van der Waals surface area contributed by atoms with Crippen molar-refractivity contribution in [2.75, 3.05) is 30.4 Å². The second-order valence-corrected chi connectivity index (χ2v) is 10.2. The number of ether oxygens (including phenoxy) is 2. The molecule has 0 saturated carbocycles. The van der Waals surface area contributed by atoms with Gasteiger partial charge >= 0.3 is 0 Å². The third kappa shape index (κ3) is 6.16. The van der Waals surface area contributed by atoms with Crippen molar-refractivity contribution < 1.29 is 14.3 Å². The maximum absolute atomic E-state index is 13.2. The molecule has 1 aromatic heterocycles. The average Bonchev–Trinajstić information content (AvgIpc) is 3.45. The minimum absolute atomic E-state index is 0.0772. The van der Waals surface area contributed by atoms with Crippen LogP contribution in [0.15, 0.2) is 47.4 Å². The van der Waals surface area contributed by atoms with Gasteiger partial charge in [-0.1, -0.05) is 22.9 Å². The molecular formula is C24H27ClN2O3S2. The highest BCUT2D eigenvalue weighted by molar-refractivity contribution is 7.99. The number of carbonyl (C=O) groups is 1. The second-order valence-electron chi connectivity index (χ2n) is 7.60. The monoisotopic (exact) mass is 490 g/mol. The molecule has 0 N–H and O–H groups in total. The van der Waals surface area contributed by atoms with Gasteiger partial charge in [0.15, 0.2) is 5.13 Å². The molecule has 1 aliphatic rings. The molecule has 1 unspecified atom stereocenters. The van der Waals surface area contributed by atoms with Gasteiger partial charge in [-0.15, -0.1) is 11.8 Å². The molecule has 1 amide bonds. The molecule has 32 heavy (non-hydrogen) atoms. The van der Waals surface area contributed by atoms with Gasteiger partial charge in [0.1, 0.15) is 5.75 Å². The summed E-state index contributed by atoms with van der Waals surface area (Å²) in [4.78, 5) is 21.0. The number of amides is 1. The lowest BCUT2D eigenvalue weighted by atomic mass is 10.2. The van der Waals surface area contributed by atoms with E-state index in [1.165, 1.54) is 11.3 Å². The summed E-state index contributed by atoms with van der Waals surface area (Å²) in [5, 5.41) is 1.47. The van der Waals surface area contributed by atoms with E-state index < -0.39 is 0 Å². The molecule has 2 aromatic carbocycles. The van der Waals surface area contributed by atoms with E-state index in [1.54, 1.807) is 11.8 Å². The van der Waals surface area contributed by atoms with E-state index in [0.29, 0.717) is 19.6 Å². The van der Waals surface area contributed by atoms with E-state index in [-0.39, 0.29) is 12.0 Å². The topological polar surface area (TPSA) is 51.7 Å². The first-order valence-electron chi connectivity index (χ1n) is 11.0. The number of thiazole rings is 1. The van der Waals surface area contributed by atoms with Gasteiger partial charge in [-0.3, -0.25) is 9.69 Å². The smallest absolute Gasteiger partial charge is 0.228 e. The molecule has 4 rings (SSSR count). The molecule has 0 aliphatic carbocycles. The van der Waals surface area contributed by atoms with Crippen LogP contribution < -0.4 is 9.64 Å². The number of benzene rings is 2. The maximum atomic E-state index is 13.2. The van der Waals surface area contributed by atoms with Crippen molar-refractivity contribution in [3.05, 3.63) is 47.5 Å². The summed E-state index contributed by atoms with van der Waals surface area (Å²) in [5.74, 6) is 1.80. The van der Waals surface area contributed by atoms with Gasteiger partial charge in [0.25, 0.3) is 0 Å². The zero-order valence-corrected chi connectivity index (χ0v) is 20.5. The second kappa shape index (κ2) is 11.4. The molecule has 2 heterocycles. The van der Waals surface area contributed by atoms with Crippen molar-refractivity contribution in [1.82, 2.24) is 4.98 Å². The Balaban J connectivity index is 1.42. The van der Waals surface area contributed by atoms with Crippen LogP contribution in [0.1, 0.15) is 32.6 Å². The number of rotatable bonds is 10. The number of carbonyl (C=O) groups excluding carboxylic acids is 1. The lowest BCUT2D eigenvalue weighted by molar-refractivity contribution is -0.119. The first kappa shape index (κ1) is 23.4. The van der Waals surface area contributed by atoms with Crippen LogP contribution in [0.25, 0.3) is 10.2 Å². The number of hydrogen-bond acceptors (Lipinski definition) is 6. The quantitative estimate of drug-likeness (QED) is 0.242. The fraction of sp³-hybridized carbons (Fsp3) is 0.417. The van der Waals surface area contributed by atoms with Crippen LogP contribution in [0.4, 0.5) is 5.13 Å². The minimum Gasteiger partial charge on any atom is -0.494 e. The van der Waals surface area contributed by atoms with Crippen molar-refractivity contribution in [3.63, 3.8) is 0 Å². The molecule has 5 nitrogen and oxygen atoms in total. The summed E-state index contributed by atoms with van der Waals surface area (Å²) < 4.78 is 12.5. The van der Waals surface area contributed by atoms with Crippen molar-refractivity contribution in [2.24, 2.45) is 0 Å². The van der Waals surface area contributed by atoms with Crippen LogP contribution in [0.2, 0.25) is 5.02 Å². The minimum atomic E-state index is 0.0772. The van der Waals surface area contributed by atoms with Gasteiger partial charge in [0.2, 0.25) is 5.91 Å². The fourth-order valence-corrected chi connectivity index (χ4v) is 5.62. The molecular weight excluding hydrogens is 464 g/mol. The largest absolute Gasteiger partial charge is 0.494 e. The van der Waals surface area contributed by atoms with E-state index in [2.05, 4.69) is 0 Å². The van der Waals surface area contributed by atoms with Gasteiger partial charge in [-0.2, -0.15) is 0 Å². The Hall–Kier alpha value is -1.80. The molecule has 0 radical (unpaired) electrons. The highest BCUT2D eigenvalue weighted by Gasteiger charge is 2.26. The summed E-state index contributed by atoms with van der Waals surface area (Å²) >= 11 is 9.23. The zero-order chi connectivity index (χ0) is 22.3. The maximum Gasteiger partial charge on any atom is 0.228 e. The van der Waals surface area contributed by atoms with Crippen molar-refractivity contribution in [1.29, 1.82) is 0 Å². The van der Waals surface area contributed by atoms with Crippen LogP contribution in [-0.4, -0.2) is 42.5 Å². The number of hydrogen-bond donors (Lipinski definition) is 0. The van der Waals surface area contributed by atoms with E-state index in [4.69, 9.17) is 26.1 Å². The average molecular weight is 491 g/mol. The summed E-state index contributed by atoms with van der Waals surface area (Å²) in [6.07, 6.45) is 3.38. The Morgan fingerprint density at radius 1 is 1.31 bits per heavy atom. The predicted molar refractivity (Wildman–Crippen MR) is 134 cm³/mol. The Bertz CT molecular complexity index is 1040. The van der Waals surface area contributed by atoms with E-state index in [9.17, 15) is 4.79 Å². The van der Waals surface area contributed by atoms with Crippen LogP contribution in [-0.2, 0) is 9.53 Å². The fourth-order valence-electron chi connectivity index (χ4n) is 3.62. The third-order valence-corrected chi connectivity index (χ3v) is 7.61. The van der Waals surface area contributed by atoms with Crippen LogP contribution >= 0.6 is 34.7 Å². The van der Waals surface area contributed by atoms with Gasteiger partial charge in [0, 0.05) is 22.9 Å². The Morgan fingerprint density at radius 2 is 2.16 bits per heavy atom. The Morgan fingerprint density at radius 3 is 2.91 bits per heavy atom. The number of aromatic nitrogens is 1. The van der Waals surface area contributed by atoms with E-state index >= 15 is 0 Å². The van der Waals surface area contributed by atoms with Crippen LogP contribution in [0.5, 0.6) is 5.75 Å². The highest BCUT2D eigenvalue weighted by Crippen LogP contribution is 2.33. The van der Waals surface area contributed by atoms with Crippen LogP contribution in [0, 0.1) is 0 Å². The molecule has 0 bridgehead atoms. The lowest BCUT2D eigenvalue weighted by Crippen LogP contribution is -2.37. The summed E-state index contributed by atoms with van der Waals surface area (Å²) in [6.45, 7) is 3.91. The predicted octanol–water partition coefficient (Wildman–Crippen LogP) is 6.43. The summed E-state index contributed by atoms with van der Waals surface area (Å²) in [6, 6.07) is 13.7. The van der Waals surface area contributed by atoms with E-state index in [0.717, 1.165) is 62.6 Å². The molecule has 1 aliphatic heterocycles. The first-order valence-corrected chi connectivity index (χ1v) is 13.1. The number of thioether (sulfide) groups is 1. The number of halogens is 1. The normalized spacial score (nSPS) is 15.9. The number of fused-ring (bicyclic) bond motifs is 1. The molecule has 8 heteroatoms. The highest BCUT2D eigenvalue weighted by atomic mass is 35.5. The molecule has 0 spiro atoms. The SMILES string of the molecule is CCOc1ccc2nc(N(CC3CCCO3)C(=O)CCCSc3ccc(Cl)cc3)sc2c1. The molecule has 3 aromatic rings. The van der Waals surface area contributed by atoms with Gasteiger partial charge in [-0.25, -0.2) is 4.98 Å². The third-order valence-electron chi connectivity index (χ3n) is 5.22. The van der Waals surface area contributed by atoms with E-state index in [1.807, 2.05) is 54.3 Å². The number of nitrogens with zero attached hydrogens (tertiary/aromatic N) is 2. The first-order chi connectivity index (χ1) is 15.6. The van der Waals surface area contributed by atoms with Crippen molar-refractivity contribution in [2.45, 2.75) is 43.6 Å². The van der Waals surface area contributed by atoms with Crippen molar-refractivity contribution in [3.8, 4) is 5.75 Å².